The number of benzene rings is 1. The smallest absolute Gasteiger partial charge is 0.243 e. The van der Waals surface area contributed by atoms with Crippen LogP contribution in [0.4, 0.5) is 5.82 Å². The third-order valence-electron chi connectivity index (χ3n) is 8.21. The van der Waals surface area contributed by atoms with E-state index in [2.05, 4.69) is 21.4 Å². The first kappa shape index (κ1) is 33.1. The molecule has 2 aliphatic rings. The number of likely N-dealkylation sites (tertiary alicyclic amines) is 1. The Bertz CT molecular complexity index is 1180. The number of hydrogen-bond acceptors (Lipinski definition) is 8. The van der Waals surface area contributed by atoms with Crippen LogP contribution in [0.1, 0.15) is 89.1 Å². The molecule has 0 aliphatic carbocycles. The Labute approximate surface area is 250 Å². The molecule has 3 heterocycles. The molecular formula is C32H47N5O5. The maximum atomic E-state index is 13.9. The van der Waals surface area contributed by atoms with Crippen LogP contribution in [0.25, 0.3) is 0 Å². The van der Waals surface area contributed by atoms with Crippen molar-refractivity contribution >= 4 is 17.6 Å². The molecule has 2 aliphatic heterocycles. The second-order valence-corrected chi connectivity index (χ2v) is 11.1. The molecule has 0 spiro atoms. The zero-order valence-electron chi connectivity index (χ0n) is 26.1. The zero-order chi connectivity index (χ0) is 30.8. The maximum Gasteiger partial charge on any atom is 0.243 e. The lowest BCUT2D eigenvalue weighted by molar-refractivity contribution is -0.141. The lowest BCUT2D eigenvalue weighted by Crippen LogP contribution is -2.48. The summed E-state index contributed by atoms with van der Waals surface area (Å²) in [5, 5.41) is 16.4. The number of carbonyl (C=O) groups excluding carboxylic acids is 2. The number of methoxy groups -OCH3 is 2. The molecule has 3 unspecified atom stereocenters. The molecule has 42 heavy (non-hydrogen) atoms. The van der Waals surface area contributed by atoms with Gasteiger partial charge in [-0.15, -0.1) is 0 Å². The van der Waals surface area contributed by atoms with E-state index in [0.29, 0.717) is 30.2 Å². The van der Waals surface area contributed by atoms with Gasteiger partial charge in [0, 0.05) is 45.8 Å². The SMILES string of the molecule is CC.COC(OC)C1CCN(c2cc(C(C(=O)N3CCCC3C(=O)NC(C)c3ccc(C#N)cc3)C(C)C)on2)CC1. The highest BCUT2D eigenvalue weighted by molar-refractivity contribution is 5.91. The quantitative estimate of drug-likeness (QED) is 0.389. The number of ether oxygens (including phenoxy) is 2. The van der Waals surface area contributed by atoms with E-state index in [1.165, 1.54) is 0 Å². The number of anilines is 1. The number of nitrogens with one attached hydrogen (secondary N) is 1. The molecule has 10 nitrogen and oxygen atoms in total. The van der Waals surface area contributed by atoms with Gasteiger partial charge in [-0.2, -0.15) is 5.26 Å². The van der Waals surface area contributed by atoms with E-state index in [1.807, 2.05) is 52.8 Å². The average Bonchev–Trinajstić information content (AvgIpc) is 3.70. The number of nitriles is 1. The molecule has 10 heteroatoms. The van der Waals surface area contributed by atoms with Gasteiger partial charge in [-0.1, -0.05) is 45.0 Å². The molecule has 3 atom stereocenters. The molecule has 1 aromatic heterocycles. The normalized spacial score (nSPS) is 18.8. The van der Waals surface area contributed by atoms with Gasteiger partial charge in [0.1, 0.15) is 12.0 Å². The number of nitrogens with zero attached hydrogens (tertiary/aromatic N) is 4. The molecular weight excluding hydrogens is 534 g/mol. The van der Waals surface area contributed by atoms with Crippen molar-refractivity contribution in [3.63, 3.8) is 0 Å². The largest absolute Gasteiger partial charge is 0.358 e. The van der Waals surface area contributed by atoms with Gasteiger partial charge < -0.3 is 29.1 Å². The summed E-state index contributed by atoms with van der Waals surface area (Å²) in [6.07, 6.45) is 2.98. The van der Waals surface area contributed by atoms with Crippen LogP contribution < -0.4 is 10.2 Å². The lowest BCUT2D eigenvalue weighted by Gasteiger charge is -2.34. The molecule has 0 radical (unpaired) electrons. The molecule has 2 aromatic rings. The molecule has 2 fully saturated rings. The van der Waals surface area contributed by atoms with Gasteiger partial charge in [0.05, 0.1) is 17.7 Å². The summed E-state index contributed by atoms with van der Waals surface area (Å²) in [5.74, 6) is 0.728. The summed E-state index contributed by atoms with van der Waals surface area (Å²) in [7, 11) is 3.33. The molecule has 230 valence electrons. The monoisotopic (exact) mass is 581 g/mol. The second kappa shape index (κ2) is 15.7. The van der Waals surface area contributed by atoms with Crippen molar-refractivity contribution in [2.45, 2.75) is 84.6 Å². The van der Waals surface area contributed by atoms with Crippen molar-refractivity contribution in [2.75, 3.05) is 38.8 Å². The van der Waals surface area contributed by atoms with E-state index in [9.17, 15) is 9.59 Å². The number of aromatic nitrogens is 1. The minimum absolute atomic E-state index is 0.0370. The van der Waals surface area contributed by atoms with Crippen LogP contribution in [0.15, 0.2) is 34.9 Å². The van der Waals surface area contributed by atoms with Crippen molar-refractivity contribution in [3.8, 4) is 6.07 Å². The Morgan fingerprint density at radius 3 is 2.26 bits per heavy atom. The van der Waals surface area contributed by atoms with Crippen LogP contribution in [-0.4, -0.2) is 68.1 Å². The number of carbonyl (C=O) groups is 2. The van der Waals surface area contributed by atoms with Crippen molar-refractivity contribution in [2.24, 2.45) is 11.8 Å². The predicted molar refractivity (Wildman–Crippen MR) is 161 cm³/mol. The average molecular weight is 582 g/mol. The highest BCUT2D eigenvalue weighted by Gasteiger charge is 2.40. The standard InChI is InChI=1S/C30H41N5O5.C2H6/c1-19(2)27(25-17-26(33-40-25)34-15-12-23(13-16-34)30(38-4)39-5)29(37)35-14-6-7-24(35)28(36)32-20(3)22-10-8-21(18-31)9-11-22;1-2/h8-11,17,19-20,23-24,27,30H,6-7,12-16H2,1-5H3,(H,32,36);1-2H3. The molecule has 2 saturated heterocycles. The summed E-state index contributed by atoms with van der Waals surface area (Å²) in [4.78, 5) is 31.1. The Hall–Kier alpha value is -3.42. The van der Waals surface area contributed by atoms with Crippen LogP contribution in [0.5, 0.6) is 0 Å². The van der Waals surface area contributed by atoms with Crippen LogP contribution in [0, 0.1) is 23.2 Å². The predicted octanol–water partition coefficient (Wildman–Crippen LogP) is 5.02. The lowest BCUT2D eigenvalue weighted by atomic mass is 9.91. The fraction of sp³-hybridized carbons (Fsp3) is 0.625. The fourth-order valence-corrected chi connectivity index (χ4v) is 5.91. The molecule has 0 bridgehead atoms. The summed E-state index contributed by atoms with van der Waals surface area (Å²) in [6, 6.07) is 10.4. The number of hydrogen-bond donors (Lipinski definition) is 1. The van der Waals surface area contributed by atoms with E-state index < -0.39 is 12.0 Å². The topological polar surface area (TPSA) is 121 Å². The van der Waals surface area contributed by atoms with Crippen LogP contribution >= 0.6 is 0 Å². The Morgan fingerprint density at radius 2 is 1.69 bits per heavy atom. The van der Waals surface area contributed by atoms with Gasteiger partial charge in [0.15, 0.2) is 17.9 Å². The third kappa shape index (κ3) is 7.69. The Balaban J connectivity index is 0.00000237. The highest BCUT2D eigenvalue weighted by Crippen LogP contribution is 2.34. The number of rotatable bonds is 10. The fourth-order valence-electron chi connectivity index (χ4n) is 5.91. The summed E-state index contributed by atoms with van der Waals surface area (Å²) in [6.45, 7) is 12.0. The van der Waals surface area contributed by atoms with E-state index in [-0.39, 0.29) is 30.1 Å². The first-order chi connectivity index (χ1) is 20.3. The molecule has 1 aromatic carbocycles. The van der Waals surface area contributed by atoms with Crippen LogP contribution in [-0.2, 0) is 19.1 Å². The van der Waals surface area contributed by atoms with Gasteiger partial charge in [0.2, 0.25) is 11.8 Å². The number of amides is 2. The number of piperidine rings is 1. The van der Waals surface area contributed by atoms with Crippen molar-refractivity contribution < 1.29 is 23.6 Å². The minimum atomic E-state index is -0.537. The summed E-state index contributed by atoms with van der Waals surface area (Å²) >= 11 is 0. The summed E-state index contributed by atoms with van der Waals surface area (Å²) < 4.78 is 16.6. The second-order valence-electron chi connectivity index (χ2n) is 11.1. The van der Waals surface area contributed by atoms with Crippen LogP contribution in [0.2, 0.25) is 0 Å². The molecule has 1 N–H and O–H groups in total. The van der Waals surface area contributed by atoms with Gasteiger partial charge in [-0.25, -0.2) is 0 Å². The van der Waals surface area contributed by atoms with Crippen LogP contribution in [0.3, 0.4) is 0 Å². The highest BCUT2D eigenvalue weighted by atomic mass is 16.7. The van der Waals surface area contributed by atoms with Gasteiger partial charge in [-0.3, -0.25) is 9.59 Å². The molecule has 2 amide bonds. The van der Waals surface area contributed by atoms with Gasteiger partial charge in [-0.05, 0) is 56.2 Å². The van der Waals surface area contributed by atoms with E-state index in [0.717, 1.165) is 43.7 Å². The first-order valence-electron chi connectivity index (χ1n) is 15.1. The van der Waals surface area contributed by atoms with E-state index in [4.69, 9.17) is 19.3 Å². The van der Waals surface area contributed by atoms with Crippen molar-refractivity contribution in [1.82, 2.24) is 15.4 Å². The molecule has 0 saturated carbocycles. The summed E-state index contributed by atoms with van der Waals surface area (Å²) in [5.41, 5.74) is 1.47. The first-order valence-corrected chi connectivity index (χ1v) is 15.1. The maximum absolute atomic E-state index is 13.9. The van der Waals surface area contributed by atoms with Crippen molar-refractivity contribution in [1.29, 1.82) is 5.26 Å². The molecule has 4 rings (SSSR count). The minimum Gasteiger partial charge on any atom is -0.358 e. The van der Waals surface area contributed by atoms with E-state index in [1.54, 1.807) is 31.3 Å². The van der Waals surface area contributed by atoms with Gasteiger partial charge >= 0.3 is 0 Å². The Morgan fingerprint density at radius 1 is 1.05 bits per heavy atom. The third-order valence-corrected chi connectivity index (χ3v) is 8.21. The van der Waals surface area contributed by atoms with Crippen molar-refractivity contribution in [3.05, 3.63) is 47.2 Å². The van der Waals surface area contributed by atoms with E-state index >= 15 is 0 Å². The zero-order valence-corrected chi connectivity index (χ0v) is 26.1. The Kier molecular flexibility index (Phi) is 12.4. The van der Waals surface area contributed by atoms with Gasteiger partial charge in [0.25, 0.3) is 0 Å².